The highest BCUT2D eigenvalue weighted by molar-refractivity contribution is 6.22. The molecule has 0 radical (unpaired) electrons. The van der Waals surface area contributed by atoms with Gasteiger partial charge in [0.1, 0.15) is 0 Å². The van der Waals surface area contributed by atoms with E-state index in [2.05, 4.69) is 0 Å². The molecule has 2 aliphatic rings. The lowest BCUT2D eigenvalue weighted by Gasteiger charge is -2.22. The molecule has 2 amide bonds. The Morgan fingerprint density at radius 2 is 2.05 bits per heavy atom. The second kappa shape index (κ2) is 4.80. The van der Waals surface area contributed by atoms with Gasteiger partial charge in [0.2, 0.25) is 11.8 Å². The van der Waals surface area contributed by atoms with Gasteiger partial charge in [0.25, 0.3) is 5.69 Å². The summed E-state index contributed by atoms with van der Waals surface area (Å²) < 4.78 is 0. The number of nitro benzene ring substituents is 1. The summed E-state index contributed by atoms with van der Waals surface area (Å²) in [6.07, 6.45) is 4.42. The summed E-state index contributed by atoms with van der Waals surface area (Å²) in [6.45, 7) is 1.91. The van der Waals surface area contributed by atoms with Crippen molar-refractivity contribution in [2.45, 2.75) is 13.3 Å². The number of nitrogens with zero attached hydrogens (tertiary/aromatic N) is 2. The average molecular weight is 286 g/mol. The fourth-order valence-electron chi connectivity index (χ4n) is 3.15. The van der Waals surface area contributed by atoms with Gasteiger partial charge in [-0.3, -0.25) is 19.7 Å². The van der Waals surface area contributed by atoms with E-state index in [0.717, 1.165) is 4.90 Å². The van der Waals surface area contributed by atoms with Crippen molar-refractivity contribution < 1.29 is 14.5 Å². The maximum atomic E-state index is 12.5. The minimum atomic E-state index is -0.536. The van der Waals surface area contributed by atoms with Gasteiger partial charge in [0, 0.05) is 12.1 Å². The lowest BCUT2D eigenvalue weighted by atomic mass is 9.78. The molecule has 3 rings (SSSR count). The van der Waals surface area contributed by atoms with Crippen LogP contribution in [0.3, 0.4) is 0 Å². The van der Waals surface area contributed by atoms with Gasteiger partial charge in [-0.05, 0) is 18.4 Å². The number of carbonyl (C=O) groups is 2. The summed E-state index contributed by atoms with van der Waals surface area (Å²) >= 11 is 0. The summed E-state index contributed by atoms with van der Waals surface area (Å²) in [5.74, 6) is -1.23. The van der Waals surface area contributed by atoms with Crippen molar-refractivity contribution in [2.24, 2.45) is 17.8 Å². The van der Waals surface area contributed by atoms with E-state index in [1.54, 1.807) is 6.07 Å². The molecule has 108 valence electrons. The minimum Gasteiger partial charge on any atom is -0.274 e. The molecule has 1 fully saturated rings. The van der Waals surface area contributed by atoms with Crippen molar-refractivity contribution >= 4 is 23.2 Å². The predicted molar refractivity (Wildman–Crippen MR) is 75.5 cm³/mol. The van der Waals surface area contributed by atoms with E-state index in [9.17, 15) is 19.7 Å². The monoisotopic (exact) mass is 286 g/mol. The topological polar surface area (TPSA) is 80.5 Å². The Labute approximate surface area is 121 Å². The molecule has 0 saturated carbocycles. The fraction of sp³-hybridized carbons (Fsp3) is 0.333. The number of rotatable bonds is 2. The van der Waals surface area contributed by atoms with Crippen LogP contribution in [-0.2, 0) is 9.59 Å². The Kier molecular flexibility index (Phi) is 3.08. The molecular weight excluding hydrogens is 272 g/mol. The SMILES string of the molecule is C[C@H]1C=CC[C@@H]2C(=O)N(c3cccc([N+](=O)[O-])c3)C(=O)[C@@H]21. The lowest BCUT2D eigenvalue weighted by Crippen LogP contribution is -2.31. The minimum absolute atomic E-state index is 0.00361. The van der Waals surface area contributed by atoms with E-state index >= 15 is 0 Å². The molecule has 1 heterocycles. The molecule has 1 aromatic rings. The Morgan fingerprint density at radius 1 is 1.29 bits per heavy atom. The number of amides is 2. The second-order valence-corrected chi connectivity index (χ2v) is 5.44. The smallest absolute Gasteiger partial charge is 0.271 e. The third-order valence-electron chi connectivity index (χ3n) is 4.17. The first-order valence-corrected chi connectivity index (χ1v) is 6.79. The molecule has 1 saturated heterocycles. The molecule has 0 bridgehead atoms. The van der Waals surface area contributed by atoms with E-state index in [-0.39, 0.29) is 40.9 Å². The number of hydrogen-bond acceptors (Lipinski definition) is 4. The number of non-ortho nitro benzene ring substituents is 1. The van der Waals surface area contributed by atoms with Gasteiger partial charge in [-0.1, -0.05) is 25.1 Å². The maximum Gasteiger partial charge on any atom is 0.271 e. The van der Waals surface area contributed by atoms with Crippen molar-refractivity contribution in [2.75, 3.05) is 4.90 Å². The van der Waals surface area contributed by atoms with Gasteiger partial charge in [0.05, 0.1) is 22.4 Å². The van der Waals surface area contributed by atoms with Crippen LogP contribution in [0.4, 0.5) is 11.4 Å². The van der Waals surface area contributed by atoms with E-state index in [1.165, 1.54) is 18.2 Å². The van der Waals surface area contributed by atoms with Gasteiger partial charge in [-0.15, -0.1) is 0 Å². The van der Waals surface area contributed by atoms with Crippen LogP contribution in [0.15, 0.2) is 36.4 Å². The highest BCUT2D eigenvalue weighted by Gasteiger charge is 2.50. The zero-order chi connectivity index (χ0) is 15.1. The molecule has 1 aromatic carbocycles. The van der Waals surface area contributed by atoms with Crippen LogP contribution in [0.25, 0.3) is 0 Å². The van der Waals surface area contributed by atoms with Gasteiger partial charge in [-0.2, -0.15) is 0 Å². The highest BCUT2D eigenvalue weighted by atomic mass is 16.6. The van der Waals surface area contributed by atoms with Crippen molar-refractivity contribution in [3.63, 3.8) is 0 Å². The van der Waals surface area contributed by atoms with E-state index in [4.69, 9.17) is 0 Å². The standard InChI is InChI=1S/C15H14N2O4/c1-9-4-2-7-12-13(9)15(19)16(14(12)18)10-5-3-6-11(8-10)17(20)21/h2-6,8-9,12-13H,7H2,1H3/t9-,12-,13+/m0/s1. The largest absolute Gasteiger partial charge is 0.274 e. The third-order valence-corrected chi connectivity index (χ3v) is 4.17. The number of benzene rings is 1. The average Bonchev–Trinajstić information content (AvgIpc) is 2.72. The normalized spacial score (nSPS) is 27.9. The van der Waals surface area contributed by atoms with Crippen LogP contribution >= 0.6 is 0 Å². The zero-order valence-electron chi connectivity index (χ0n) is 11.4. The van der Waals surface area contributed by atoms with Gasteiger partial charge in [0.15, 0.2) is 0 Å². The molecule has 0 aromatic heterocycles. The summed E-state index contributed by atoms with van der Waals surface area (Å²) in [5, 5.41) is 10.8. The first-order chi connectivity index (χ1) is 10.0. The number of fused-ring (bicyclic) bond motifs is 1. The molecular formula is C15H14N2O4. The molecule has 1 aliphatic carbocycles. The summed E-state index contributed by atoms with van der Waals surface area (Å²) in [4.78, 5) is 36.4. The molecule has 21 heavy (non-hydrogen) atoms. The van der Waals surface area contributed by atoms with Crippen molar-refractivity contribution in [3.05, 3.63) is 46.5 Å². The van der Waals surface area contributed by atoms with Crippen molar-refractivity contribution in [1.29, 1.82) is 0 Å². The van der Waals surface area contributed by atoms with Crippen LogP contribution in [0, 0.1) is 27.9 Å². The van der Waals surface area contributed by atoms with Gasteiger partial charge < -0.3 is 0 Å². The van der Waals surface area contributed by atoms with E-state index < -0.39 is 4.92 Å². The third kappa shape index (κ3) is 2.03. The van der Waals surface area contributed by atoms with Crippen LogP contribution < -0.4 is 4.90 Å². The predicted octanol–water partition coefficient (Wildman–Crippen LogP) is 2.30. The Bertz CT molecular complexity index is 667. The first-order valence-electron chi connectivity index (χ1n) is 6.79. The van der Waals surface area contributed by atoms with E-state index in [0.29, 0.717) is 6.42 Å². The molecule has 0 N–H and O–H groups in total. The molecule has 6 nitrogen and oxygen atoms in total. The number of nitro groups is 1. The van der Waals surface area contributed by atoms with Gasteiger partial charge in [-0.25, -0.2) is 4.90 Å². The van der Waals surface area contributed by atoms with Crippen molar-refractivity contribution in [1.82, 2.24) is 0 Å². The van der Waals surface area contributed by atoms with Crippen molar-refractivity contribution in [3.8, 4) is 0 Å². The summed E-state index contributed by atoms with van der Waals surface area (Å²) in [6, 6.07) is 5.65. The summed E-state index contributed by atoms with van der Waals surface area (Å²) in [7, 11) is 0. The van der Waals surface area contributed by atoms with E-state index in [1.807, 2.05) is 19.1 Å². The molecule has 0 unspecified atom stereocenters. The molecule has 1 aliphatic heterocycles. The molecule has 3 atom stereocenters. The molecule has 0 spiro atoms. The number of anilines is 1. The number of carbonyl (C=O) groups excluding carboxylic acids is 2. The molecule has 6 heteroatoms. The number of hydrogen-bond donors (Lipinski definition) is 0. The van der Waals surface area contributed by atoms with Gasteiger partial charge >= 0.3 is 0 Å². The summed E-state index contributed by atoms with van der Waals surface area (Å²) in [5.41, 5.74) is 0.148. The Morgan fingerprint density at radius 3 is 2.71 bits per heavy atom. The van der Waals surface area contributed by atoms with Crippen LogP contribution in [0.5, 0.6) is 0 Å². The Balaban J connectivity index is 2.00. The Hall–Kier alpha value is -2.50. The fourth-order valence-corrected chi connectivity index (χ4v) is 3.15. The van der Waals surface area contributed by atoms with Crippen LogP contribution in [0.1, 0.15) is 13.3 Å². The second-order valence-electron chi connectivity index (χ2n) is 5.44. The first kappa shape index (κ1) is 13.5. The number of allylic oxidation sites excluding steroid dienone is 2. The highest BCUT2D eigenvalue weighted by Crippen LogP contribution is 2.40. The zero-order valence-corrected chi connectivity index (χ0v) is 11.4. The van der Waals surface area contributed by atoms with Crippen LogP contribution in [-0.4, -0.2) is 16.7 Å². The quantitative estimate of drug-likeness (QED) is 0.361. The maximum absolute atomic E-state index is 12.5. The van der Waals surface area contributed by atoms with Crippen LogP contribution in [0.2, 0.25) is 0 Å². The lowest BCUT2D eigenvalue weighted by molar-refractivity contribution is -0.384. The number of imide groups is 1.